The van der Waals surface area contributed by atoms with Crippen molar-refractivity contribution in [3.05, 3.63) is 23.9 Å². The largest absolute Gasteiger partial charge is 0.475 e. The van der Waals surface area contributed by atoms with Crippen molar-refractivity contribution in [2.75, 3.05) is 13.1 Å². The fraction of sp³-hybridized carbons (Fsp3) is 0.545. The van der Waals surface area contributed by atoms with E-state index in [1.165, 1.54) is 0 Å². The van der Waals surface area contributed by atoms with Crippen molar-refractivity contribution in [3.63, 3.8) is 0 Å². The van der Waals surface area contributed by atoms with Gasteiger partial charge in [-0.15, -0.1) is 0 Å². The van der Waals surface area contributed by atoms with Gasteiger partial charge in [-0.25, -0.2) is 4.98 Å². The molecular formula is C11H19N3O. The van der Waals surface area contributed by atoms with Crippen LogP contribution in [0.3, 0.4) is 0 Å². The van der Waals surface area contributed by atoms with Crippen LogP contribution in [0, 0.1) is 0 Å². The molecule has 1 heterocycles. The first-order valence-corrected chi connectivity index (χ1v) is 5.24. The molecule has 0 saturated carbocycles. The molecule has 0 aliphatic heterocycles. The Hall–Kier alpha value is -1.13. The number of ether oxygens (including phenoxy) is 1. The standard InChI is InChI=1S/C11H19N3O/c1-9(2)15-11-4-3-10(8-14-11)7-13-6-5-12/h3-4,8-9,13H,5-7,12H2,1-2H3. The summed E-state index contributed by atoms with van der Waals surface area (Å²) in [6.07, 6.45) is 1.99. The molecular weight excluding hydrogens is 190 g/mol. The number of aromatic nitrogens is 1. The lowest BCUT2D eigenvalue weighted by Gasteiger charge is -2.09. The number of rotatable bonds is 6. The maximum atomic E-state index is 5.44. The third-order valence-electron chi connectivity index (χ3n) is 1.80. The Bertz CT molecular complexity index is 272. The normalized spacial score (nSPS) is 10.7. The Morgan fingerprint density at radius 2 is 2.27 bits per heavy atom. The number of pyridine rings is 1. The molecule has 0 aromatic carbocycles. The Morgan fingerprint density at radius 3 is 2.80 bits per heavy atom. The number of hydrogen-bond donors (Lipinski definition) is 2. The van der Waals surface area contributed by atoms with Crippen molar-refractivity contribution < 1.29 is 4.74 Å². The molecule has 0 fully saturated rings. The van der Waals surface area contributed by atoms with Crippen LogP contribution in [0.1, 0.15) is 19.4 Å². The van der Waals surface area contributed by atoms with Crippen LogP contribution >= 0.6 is 0 Å². The van der Waals surface area contributed by atoms with E-state index in [9.17, 15) is 0 Å². The lowest BCUT2D eigenvalue weighted by atomic mass is 10.3. The average Bonchev–Trinajstić information content (AvgIpc) is 2.20. The van der Waals surface area contributed by atoms with Crippen LogP contribution < -0.4 is 15.8 Å². The molecule has 4 heteroatoms. The van der Waals surface area contributed by atoms with E-state index in [1.54, 1.807) is 0 Å². The highest BCUT2D eigenvalue weighted by atomic mass is 16.5. The quantitative estimate of drug-likeness (QED) is 0.684. The SMILES string of the molecule is CC(C)Oc1ccc(CNCCN)cn1. The van der Waals surface area contributed by atoms with Crippen molar-refractivity contribution >= 4 is 0 Å². The van der Waals surface area contributed by atoms with Gasteiger partial charge in [0.05, 0.1) is 6.10 Å². The second kappa shape index (κ2) is 6.37. The van der Waals surface area contributed by atoms with Gasteiger partial charge in [-0.3, -0.25) is 0 Å². The van der Waals surface area contributed by atoms with E-state index in [2.05, 4.69) is 10.3 Å². The average molecular weight is 209 g/mol. The molecule has 84 valence electrons. The smallest absolute Gasteiger partial charge is 0.213 e. The van der Waals surface area contributed by atoms with E-state index in [4.69, 9.17) is 10.5 Å². The highest BCUT2D eigenvalue weighted by Crippen LogP contribution is 2.09. The number of hydrogen-bond acceptors (Lipinski definition) is 4. The van der Waals surface area contributed by atoms with Gasteiger partial charge in [0.1, 0.15) is 0 Å². The minimum atomic E-state index is 0.165. The zero-order valence-corrected chi connectivity index (χ0v) is 9.36. The molecule has 0 radical (unpaired) electrons. The predicted octanol–water partition coefficient (Wildman–Crippen LogP) is 0.917. The minimum absolute atomic E-state index is 0.165. The summed E-state index contributed by atoms with van der Waals surface area (Å²) in [6, 6.07) is 3.90. The molecule has 0 aliphatic carbocycles. The van der Waals surface area contributed by atoms with E-state index in [0.29, 0.717) is 12.4 Å². The molecule has 1 rings (SSSR count). The summed E-state index contributed by atoms with van der Waals surface area (Å²) in [5.41, 5.74) is 6.51. The van der Waals surface area contributed by atoms with Crippen LogP contribution in [-0.2, 0) is 6.54 Å². The molecule has 3 N–H and O–H groups in total. The van der Waals surface area contributed by atoms with Gasteiger partial charge in [-0.2, -0.15) is 0 Å². The van der Waals surface area contributed by atoms with Gasteiger partial charge in [0.2, 0.25) is 5.88 Å². The maximum Gasteiger partial charge on any atom is 0.213 e. The fourth-order valence-corrected chi connectivity index (χ4v) is 1.16. The van der Waals surface area contributed by atoms with E-state index >= 15 is 0 Å². The zero-order valence-electron chi connectivity index (χ0n) is 9.36. The summed E-state index contributed by atoms with van der Waals surface area (Å²) in [5, 5.41) is 3.21. The number of nitrogens with one attached hydrogen (secondary N) is 1. The van der Waals surface area contributed by atoms with Gasteiger partial charge in [-0.1, -0.05) is 6.07 Å². The summed E-state index contributed by atoms with van der Waals surface area (Å²) >= 11 is 0. The molecule has 4 nitrogen and oxygen atoms in total. The second-order valence-electron chi connectivity index (χ2n) is 3.64. The number of nitrogens with zero attached hydrogens (tertiary/aromatic N) is 1. The van der Waals surface area contributed by atoms with Crippen molar-refractivity contribution in [1.82, 2.24) is 10.3 Å². The summed E-state index contributed by atoms with van der Waals surface area (Å²) in [4.78, 5) is 4.20. The van der Waals surface area contributed by atoms with Gasteiger partial charge in [0.25, 0.3) is 0 Å². The van der Waals surface area contributed by atoms with Crippen molar-refractivity contribution in [2.24, 2.45) is 5.73 Å². The molecule has 0 amide bonds. The summed E-state index contributed by atoms with van der Waals surface area (Å²) in [6.45, 7) is 6.25. The highest BCUT2D eigenvalue weighted by Gasteiger charge is 1.98. The van der Waals surface area contributed by atoms with Gasteiger partial charge >= 0.3 is 0 Å². The molecule has 1 aromatic heterocycles. The molecule has 0 bridgehead atoms. The predicted molar refractivity (Wildman–Crippen MR) is 60.8 cm³/mol. The molecule has 0 saturated heterocycles. The fourth-order valence-electron chi connectivity index (χ4n) is 1.16. The highest BCUT2D eigenvalue weighted by molar-refractivity contribution is 5.17. The van der Waals surface area contributed by atoms with Crippen LogP contribution in [-0.4, -0.2) is 24.2 Å². The molecule has 0 spiro atoms. The van der Waals surface area contributed by atoms with E-state index in [1.807, 2.05) is 32.2 Å². The topological polar surface area (TPSA) is 60.2 Å². The first kappa shape index (κ1) is 11.9. The lowest BCUT2D eigenvalue weighted by Crippen LogP contribution is -2.21. The van der Waals surface area contributed by atoms with Crippen LogP contribution in [0.15, 0.2) is 18.3 Å². The Morgan fingerprint density at radius 1 is 1.47 bits per heavy atom. The van der Waals surface area contributed by atoms with Crippen molar-refractivity contribution in [3.8, 4) is 5.88 Å². The third-order valence-corrected chi connectivity index (χ3v) is 1.80. The minimum Gasteiger partial charge on any atom is -0.475 e. The van der Waals surface area contributed by atoms with E-state index < -0.39 is 0 Å². The first-order valence-electron chi connectivity index (χ1n) is 5.24. The summed E-state index contributed by atoms with van der Waals surface area (Å²) < 4.78 is 5.44. The van der Waals surface area contributed by atoms with Gasteiger partial charge in [0, 0.05) is 31.9 Å². The number of nitrogens with two attached hydrogens (primary N) is 1. The summed E-state index contributed by atoms with van der Waals surface area (Å²) in [7, 11) is 0. The van der Waals surface area contributed by atoms with Crippen LogP contribution in [0.2, 0.25) is 0 Å². The Balaban J connectivity index is 2.42. The molecule has 1 aromatic rings. The molecule has 0 unspecified atom stereocenters. The molecule has 15 heavy (non-hydrogen) atoms. The Kier molecular flexibility index (Phi) is 5.07. The second-order valence-corrected chi connectivity index (χ2v) is 3.64. The zero-order chi connectivity index (χ0) is 11.1. The first-order chi connectivity index (χ1) is 7.22. The maximum absolute atomic E-state index is 5.44. The van der Waals surface area contributed by atoms with E-state index in [-0.39, 0.29) is 6.10 Å². The molecule has 0 aliphatic rings. The van der Waals surface area contributed by atoms with Crippen LogP contribution in [0.25, 0.3) is 0 Å². The van der Waals surface area contributed by atoms with Gasteiger partial charge in [-0.05, 0) is 19.4 Å². The van der Waals surface area contributed by atoms with Crippen LogP contribution in [0.4, 0.5) is 0 Å². The lowest BCUT2D eigenvalue weighted by molar-refractivity contribution is 0.232. The van der Waals surface area contributed by atoms with E-state index in [0.717, 1.165) is 18.7 Å². The van der Waals surface area contributed by atoms with Crippen molar-refractivity contribution in [1.29, 1.82) is 0 Å². The van der Waals surface area contributed by atoms with Gasteiger partial charge < -0.3 is 15.8 Å². The van der Waals surface area contributed by atoms with Crippen molar-refractivity contribution in [2.45, 2.75) is 26.5 Å². The third kappa shape index (κ3) is 4.76. The summed E-state index contributed by atoms with van der Waals surface area (Å²) in [5.74, 6) is 0.674. The molecule has 0 atom stereocenters. The van der Waals surface area contributed by atoms with Crippen LogP contribution in [0.5, 0.6) is 5.88 Å². The Labute approximate surface area is 90.8 Å². The van der Waals surface area contributed by atoms with Gasteiger partial charge in [0.15, 0.2) is 0 Å². The monoisotopic (exact) mass is 209 g/mol.